The smallest absolute Gasteiger partial charge is 0.339 e. The molecule has 1 N–H and O–H groups in total. The predicted molar refractivity (Wildman–Crippen MR) is 59.4 cm³/mol. The maximum atomic E-state index is 11.7. The van der Waals surface area contributed by atoms with Gasteiger partial charge in [-0.3, -0.25) is 0 Å². The standard InChI is InChI=1S/C10H10N2O3S/c13-5-2-6-15-10(14)7-3-1-4-8-9(7)16-12-11-8/h1,3-4,13H,2,5-6H2. The molecule has 0 aliphatic heterocycles. The zero-order chi connectivity index (χ0) is 11.4. The van der Waals surface area contributed by atoms with Gasteiger partial charge in [-0.05, 0) is 23.7 Å². The molecule has 0 bridgehead atoms. The molecule has 0 saturated heterocycles. The normalized spacial score (nSPS) is 10.6. The lowest BCUT2D eigenvalue weighted by Gasteiger charge is -2.03. The topological polar surface area (TPSA) is 72.3 Å². The minimum Gasteiger partial charge on any atom is -0.462 e. The van der Waals surface area contributed by atoms with Gasteiger partial charge < -0.3 is 9.84 Å². The number of nitrogens with zero attached hydrogens (tertiary/aromatic N) is 2. The highest BCUT2D eigenvalue weighted by Gasteiger charge is 2.13. The molecular weight excluding hydrogens is 228 g/mol. The highest BCUT2D eigenvalue weighted by Crippen LogP contribution is 2.20. The van der Waals surface area contributed by atoms with Crippen molar-refractivity contribution in [1.82, 2.24) is 9.59 Å². The van der Waals surface area contributed by atoms with Gasteiger partial charge in [-0.25, -0.2) is 4.79 Å². The third kappa shape index (κ3) is 2.17. The monoisotopic (exact) mass is 238 g/mol. The largest absolute Gasteiger partial charge is 0.462 e. The van der Waals surface area contributed by atoms with E-state index in [0.717, 1.165) is 4.70 Å². The van der Waals surface area contributed by atoms with Crippen LogP contribution in [-0.2, 0) is 4.74 Å². The Hall–Kier alpha value is -1.53. The van der Waals surface area contributed by atoms with Crippen molar-refractivity contribution in [2.75, 3.05) is 13.2 Å². The maximum Gasteiger partial charge on any atom is 0.339 e. The lowest BCUT2D eigenvalue weighted by Crippen LogP contribution is -2.07. The van der Waals surface area contributed by atoms with Gasteiger partial charge in [-0.2, -0.15) is 0 Å². The second kappa shape index (κ2) is 5.00. The van der Waals surface area contributed by atoms with Crippen LogP contribution in [0.5, 0.6) is 0 Å². The molecular formula is C10H10N2O3S. The molecule has 0 atom stereocenters. The Morgan fingerprint density at radius 1 is 1.50 bits per heavy atom. The Morgan fingerprint density at radius 3 is 3.19 bits per heavy atom. The number of ether oxygens (including phenoxy) is 1. The average molecular weight is 238 g/mol. The number of fused-ring (bicyclic) bond motifs is 1. The number of hydrogen-bond acceptors (Lipinski definition) is 6. The van der Waals surface area contributed by atoms with Crippen LogP contribution >= 0.6 is 11.5 Å². The molecule has 1 aromatic carbocycles. The van der Waals surface area contributed by atoms with Gasteiger partial charge in [-0.15, -0.1) is 5.10 Å². The quantitative estimate of drug-likeness (QED) is 0.640. The van der Waals surface area contributed by atoms with Gasteiger partial charge in [-0.1, -0.05) is 10.6 Å². The summed E-state index contributed by atoms with van der Waals surface area (Å²) < 4.78 is 9.52. The second-order valence-corrected chi connectivity index (χ2v) is 3.89. The molecule has 0 aliphatic rings. The average Bonchev–Trinajstić information content (AvgIpc) is 2.76. The molecule has 0 fully saturated rings. The molecule has 0 aliphatic carbocycles. The summed E-state index contributed by atoms with van der Waals surface area (Å²) in [5, 5.41) is 12.5. The number of hydrogen-bond donors (Lipinski definition) is 1. The third-order valence-corrected chi connectivity index (χ3v) is 2.81. The molecule has 2 rings (SSSR count). The van der Waals surface area contributed by atoms with Crippen molar-refractivity contribution in [1.29, 1.82) is 0 Å². The molecule has 0 amide bonds. The number of rotatable bonds is 4. The Morgan fingerprint density at radius 2 is 2.38 bits per heavy atom. The summed E-state index contributed by atoms with van der Waals surface area (Å²) in [6, 6.07) is 5.22. The van der Waals surface area contributed by atoms with E-state index in [9.17, 15) is 4.79 Å². The van der Waals surface area contributed by atoms with Crippen LogP contribution in [0.2, 0.25) is 0 Å². The van der Waals surface area contributed by atoms with Crippen LogP contribution in [0.15, 0.2) is 18.2 Å². The summed E-state index contributed by atoms with van der Waals surface area (Å²) in [6.45, 7) is 0.234. The van der Waals surface area contributed by atoms with E-state index in [1.54, 1.807) is 18.2 Å². The number of aliphatic hydroxyl groups is 1. The summed E-state index contributed by atoms with van der Waals surface area (Å²) in [5.74, 6) is -0.398. The molecule has 5 nitrogen and oxygen atoms in total. The summed E-state index contributed by atoms with van der Waals surface area (Å²) in [6.07, 6.45) is 0.447. The summed E-state index contributed by atoms with van der Waals surface area (Å²) in [4.78, 5) is 11.7. The fourth-order valence-corrected chi connectivity index (χ4v) is 1.94. The maximum absolute atomic E-state index is 11.7. The van der Waals surface area contributed by atoms with Crippen molar-refractivity contribution < 1.29 is 14.6 Å². The van der Waals surface area contributed by atoms with Gasteiger partial charge in [0.15, 0.2) is 0 Å². The van der Waals surface area contributed by atoms with E-state index in [0.29, 0.717) is 17.5 Å². The van der Waals surface area contributed by atoms with Crippen molar-refractivity contribution in [2.45, 2.75) is 6.42 Å². The number of carbonyl (C=O) groups excluding carboxylic acids is 1. The Balaban J connectivity index is 2.19. The lowest BCUT2D eigenvalue weighted by atomic mass is 10.2. The number of carbonyl (C=O) groups is 1. The van der Waals surface area contributed by atoms with Gasteiger partial charge in [0.2, 0.25) is 0 Å². The summed E-state index contributed by atoms with van der Waals surface area (Å²) in [7, 11) is 0. The zero-order valence-electron chi connectivity index (χ0n) is 8.42. The minimum absolute atomic E-state index is 0.0135. The van der Waals surface area contributed by atoms with Gasteiger partial charge in [0, 0.05) is 13.0 Å². The second-order valence-electron chi connectivity index (χ2n) is 3.14. The molecule has 2 aromatic rings. The first-order valence-corrected chi connectivity index (χ1v) is 5.59. The van der Waals surface area contributed by atoms with Gasteiger partial charge >= 0.3 is 5.97 Å². The van der Waals surface area contributed by atoms with Crippen LogP contribution in [0.25, 0.3) is 10.2 Å². The fraction of sp³-hybridized carbons (Fsp3) is 0.300. The van der Waals surface area contributed by atoms with Crippen LogP contribution in [-0.4, -0.2) is 33.9 Å². The highest BCUT2D eigenvalue weighted by molar-refractivity contribution is 7.13. The van der Waals surface area contributed by atoms with Crippen molar-refractivity contribution in [3.05, 3.63) is 23.8 Å². The molecule has 1 heterocycles. The first kappa shape index (κ1) is 11.0. The van der Waals surface area contributed by atoms with Crippen molar-refractivity contribution in [3.63, 3.8) is 0 Å². The number of aliphatic hydroxyl groups excluding tert-OH is 1. The molecule has 6 heteroatoms. The zero-order valence-corrected chi connectivity index (χ0v) is 9.24. The molecule has 84 valence electrons. The van der Waals surface area contributed by atoms with E-state index in [-0.39, 0.29) is 13.2 Å². The van der Waals surface area contributed by atoms with E-state index in [1.807, 2.05) is 0 Å². The number of esters is 1. The van der Waals surface area contributed by atoms with E-state index in [1.165, 1.54) is 11.5 Å². The first-order chi connectivity index (χ1) is 7.83. The first-order valence-electron chi connectivity index (χ1n) is 4.82. The molecule has 16 heavy (non-hydrogen) atoms. The molecule has 0 radical (unpaired) electrons. The number of aromatic nitrogens is 2. The summed E-state index contributed by atoms with van der Waals surface area (Å²) >= 11 is 1.17. The predicted octanol–water partition coefficient (Wildman–Crippen LogP) is 1.23. The SMILES string of the molecule is O=C(OCCCO)c1cccc2nnsc12. The molecule has 0 spiro atoms. The van der Waals surface area contributed by atoms with Gasteiger partial charge in [0.25, 0.3) is 0 Å². The fourth-order valence-electron chi connectivity index (χ4n) is 1.27. The Kier molecular flexibility index (Phi) is 3.43. The van der Waals surface area contributed by atoms with E-state index >= 15 is 0 Å². The molecule has 0 unspecified atom stereocenters. The molecule has 1 aromatic heterocycles. The van der Waals surface area contributed by atoms with E-state index < -0.39 is 5.97 Å². The third-order valence-electron chi connectivity index (χ3n) is 2.03. The van der Waals surface area contributed by atoms with Crippen molar-refractivity contribution in [3.8, 4) is 0 Å². The number of benzene rings is 1. The van der Waals surface area contributed by atoms with Crippen LogP contribution in [0.3, 0.4) is 0 Å². The van der Waals surface area contributed by atoms with Gasteiger partial charge in [0.1, 0.15) is 5.52 Å². The molecule has 0 saturated carbocycles. The van der Waals surface area contributed by atoms with Crippen LogP contribution < -0.4 is 0 Å². The van der Waals surface area contributed by atoms with Crippen molar-refractivity contribution >= 4 is 27.7 Å². The van der Waals surface area contributed by atoms with Crippen LogP contribution in [0.1, 0.15) is 16.8 Å². The Bertz CT molecular complexity index is 498. The summed E-state index contributed by atoms with van der Waals surface area (Å²) in [5.41, 5.74) is 1.17. The van der Waals surface area contributed by atoms with E-state index in [2.05, 4.69) is 9.59 Å². The van der Waals surface area contributed by atoms with E-state index in [4.69, 9.17) is 9.84 Å². The van der Waals surface area contributed by atoms with Gasteiger partial charge in [0.05, 0.1) is 16.9 Å². The Labute approximate surface area is 95.8 Å². The minimum atomic E-state index is -0.398. The van der Waals surface area contributed by atoms with Crippen LogP contribution in [0.4, 0.5) is 0 Å². The lowest BCUT2D eigenvalue weighted by molar-refractivity contribution is 0.0484. The van der Waals surface area contributed by atoms with Crippen molar-refractivity contribution in [2.24, 2.45) is 0 Å². The highest BCUT2D eigenvalue weighted by atomic mass is 32.1. The van der Waals surface area contributed by atoms with Crippen LogP contribution in [0, 0.1) is 0 Å².